The molecule has 0 spiro atoms. The number of hydrogen-bond donors (Lipinski definition) is 0. The number of benzene rings is 2. The molecule has 2 aromatic carbocycles. The molecule has 1 heterocycles. The number of carbonyl (C=O) groups excluding carboxylic acids is 1. The number of carbonyl (C=O) groups is 1. The summed E-state index contributed by atoms with van der Waals surface area (Å²) in [7, 11) is 1.56. The van der Waals surface area contributed by atoms with Gasteiger partial charge >= 0.3 is 0 Å². The Hall–Kier alpha value is -2.33. The smallest absolute Gasteiger partial charge is 0.188 e. The maximum Gasteiger partial charge on any atom is 0.188 e. The maximum atomic E-state index is 11.1. The van der Waals surface area contributed by atoms with Crippen LogP contribution in [0, 0.1) is 0 Å². The van der Waals surface area contributed by atoms with E-state index in [0.29, 0.717) is 11.3 Å². The molecule has 120 valence electrons. The van der Waals surface area contributed by atoms with E-state index >= 15 is 0 Å². The molecule has 0 amide bonds. The fourth-order valence-corrected chi connectivity index (χ4v) is 2.76. The lowest BCUT2D eigenvalue weighted by atomic mass is 10.0. The predicted molar refractivity (Wildman–Crippen MR) is 87.4 cm³/mol. The number of rotatable bonds is 7. The van der Waals surface area contributed by atoms with Crippen LogP contribution in [0.1, 0.15) is 27.0 Å². The molecule has 0 saturated carbocycles. The van der Waals surface area contributed by atoms with Crippen molar-refractivity contribution in [2.24, 2.45) is 0 Å². The van der Waals surface area contributed by atoms with Crippen molar-refractivity contribution in [2.75, 3.05) is 20.5 Å². The second kappa shape index (κ2) is 7.29. The van der Waals surface area contributed by atoms with Crippen molar-refractivity contribution in [3.8, 4) is 11.5 Å². The molecular formula is C19H20O4. The fraction of sp³-hybridized carbons (Fsp3) is 0.316. The summed E-state index contributed by atoms with van der Waals surface area (Å²) < 4.78 is 15.9. The van der Waals surface area contributed by atoms with Crippen LogP contribution >= 0.6 is 0 Å². The molecule has 4 heteroatoms. The number of hydrogen-bond acceptors (Lipinski definition) is 4. The van der Waals surface area contributed by atoms with E-state index in [2.05, 4.69) is 18.2 Å². The molecule has 0 unspecified atom stereocenters. The minimum Gasteiger partial charge on any atom is -0.493 e. The zero-order valence-corrected chi connectivity index (χ0v) is 13.2. The van der Waals surface area contributed by atoms with Crippen molar-refractivity contribution in [3.63, 3.8) is 0 Å². The standard InChI is InChI=1S/C19H20O4/c1-21-13-23-19-11-15(4-6-17(19)12-20)3-2-14-5-7-18-16(10-14)8-9-22-18/h4-7,10-12H,2-3,8-9,13H2,1H3. The summed E-state index contributed by atoms with van der Waals surface area (Å²) in [5, 5.41) is 0. The second-order valence-electron chi connectivity index (χ2n) is 5.58. The van der Waals surface area contributed by atoms with Gasteiger partial charge < -0.3 is 14.2 Å². The Labute approximate surface area is 136 Å². The van der Waals surface area contributed by atoms with Gasteiger partial charge in [0.15, 0.2) is 13.1 Å². The number of aryl methyl sites for hydroxylation is 2. The Balaban J connectivity index is 1.69. The first-order valence-electron chi connectivity index (χ1n) is 7.74. The Morgan fingerprint density at radius 1 is 1.13 bits per heavy atom. The first-order chi connectivity index (χ1) is 11.3. The molecule has 0 N–H and O–H groups in total. The topological polar surface area (TPSA) is 44.8 Å². The van der Waals surface area contributed by atoms with Gasteiger partial charge in [0.2, 0.25) is 0 Å². The highest BCUT2D eigenvalue weighted by Gasteiger charge is 2.12. The van der Waals surface area contributed by atoms with Crippen LogP contribution in [0.2, 0.25) is 0 Å². The van der Waals surface area contributed by atoms with Crippen LogP contribution in [0.25, 0.3) is 0 Å². The first-order valence-corrected chi connectivity index (χ1v) is 7.74. The van der Waals surface area contributed by atoms with Crippen molar-refractivity contribution in [2.45, 2.75) is 19.3 Å². The lowest BCUT2D eigenvalue weighted by Crippen LogP contribution is -2.02. The Morgan fingerprint density at radius 3 is 2.70 bits per heavy atom. The normalized spacial score (nSPS) is 12.6. The second-order valence-corrected chi connectivity index (χ2v) is 5.58. The Kier molecular flexibility index (Phi) is 4.93. The Bertz CT molecular complexity index is 694. The van der Waals surface area contributed by atoms with Crippen LogP contribution in [0.3, 0.4) is 0 Å². The fourth-order valence-electron chi connectivity index (χ4n) is 2.76. The molecule has 0 saturated heterocycles. The van der Waals surface area contributed by atoms with Crippen LogP contribution in [0.5, 0.6) is 11.5 Å². The monoisotopic (exact) mass is 312 g/mol. The molecule has 0 bridgehead atoms. The van der Waals surface area contributed by atoms with Gasteiger partial charge in [-0.25, -0.2) is 0 Å². The zero-order valence-electron chi connectivity index (χ0n) is 13.2. The highest BCUT2D eigenvalue weighted by molar-refractivity contribution is 5.79. The van der Waals surface area contributed by atoms with Crippen LogP contribution < -0.4 is 9.47 Å². The summed E-state index contributed by atoms with van der Waals surface area (Å²) in [5.41, 5.74) is 4.27. The van der Waals surface area contributed by atoms with E-state index in [1.165, 1.54) is 11.1 Å². The molecule has 1 aliphatic heterocycles. The van der Waals surface area contributed by atoms with Gasteiger partial charge in [-0.1, -0.05) is 18.2 Å². The van der Waals surface area contributed by atoms with E-state index in [4.69, 9.17) is 14.2 Å². The van der Waals surface area contributed by atoms with Crippen molar-refractivity contribution in [1.82, 2.24) is 0 Å². The lowest BCUT2D eigenvalue weighted by Gasteiger charge is -2.10. The number of fused-ring (bicyclic) bond motifs is 1. The lowest BCUT2D eigenvalue weighted by molar-refractivity contribution is 0.0505. The van der Waals surface area contributed by atoms with E-state index < -0.39 is 0 Å². The zero-order chi connectivity index (χ0) is 16.1. The van der Waals surface area contributed by atoms with Gasteiger partial charge in [-0.15, -0.1) is 0 Å². The third-order valence-corrected chi connectivity index (χ3v) is 3.99. The van der Waals surface area contributed by atoms with E-state index in [-0.39, 0.29) is 6.79 Å². The summed E-state index contributed by atoms with van der Waals surface area (Å²) in [5.74, 6) is 1.58. The number of ether oxygens (including phenoxy) is 3. The molecule has 1 aliphatic rings. The molecule has 3 rings (SSSR count). The maximum absolute atomic E-state index is 11.1. The summed E-state index contributed by atoms with van der Waals surface area (Å²) >= 11 is 0. The van der Waals surface area contributed by atoms with Crippen molar-refractivity contribution in [3.05, 3.63) is 58.7 Å². The first kappa shape index (κ1) is 15.6. The summed E-state index contributed by atoms with van der Waals surface area (Å²) in [6, 6.07) is 12.1. The van der Waals surface area contributed by atoms with E-state index in [1.807, 2.05) is 12.1 Å². The molecule has 4 nitrogen and oxygen atoms in total. The molecule has 0 atom stereocenters. The molecule has 0 aliphatic carbocycles. The van der Waals surface area contributed by atoms with Gasteiger partial charge in [-0.2, -0.15) is 0 Å². The van der Waals surface area contributed by atoms with Crippen LogP contribution in [-0.2, 0) is 24.0 Å². The van der Waals surface area contributed by atoms with E-state index in [1.54, 1.807) is 13.2 Å². The van der Waals surface area contributed by atoms with Gasteiger partial charge in [0.05, 0.1) is 12.2 Å². The quantitative estimate of drug-likeness (QED) is 0.582. The van der Waals surface area contributed by atoms with Gasteiger partial charge in [-0.3, -0.25) is 4.79 Å². The van der Waals surface area contributed by atoms with E-state index in [9.17, 15) is 4.79 Å². The molecule has 2 aromatic rings. The minimum absolute atomic E-state index is 0.134. The van der Waals surface area contributed by atoms with Gasteiger partial charge in [0, 0.05) is 13.5 Å². The van der Waals surface area contributed by atoms with Crippen molar-refractivity contribution in [1.29, 1.82) is 0 Å². The predicted octanol–water partition coefficient (Wildman–Crippen LogP) is 3.20. The Morgan fingerprint density at radius 2 is 1.91 bits per heavy atom. The summed E-state index contributed by atoms with van der Waals surface area (Å²) in [4.78, 5) is 11.1. The van der Waals surface area contributed by atoms with Crippen LogP contribution in [0.15, 0.2) is 36.4 Å². The largest absolute Gasteiger partial charge is 0.493 e. The van der Waals surface area contributed by atoms with Crippen LogP contribution in [-0.4, -0.2) is 26.8 Å². The minimum atomic E-state index is 0.134. The van der Waals surface area contributed by atoms with Gasteiger partial charge in [0.25, 0.3) is 0 Å². The van der Waals surface area contributed by atoms with Gasteiger partial charge in [-0.05, 0) is 47.7 Å². The number of methoxy groups -OCH3 is 1. The summed E-state index contributed by atoms with van der Waals surface area (Å²) in [6.45, 7) is 0.918. The van der Waals surface area contributed by atoms with E-state index in [0.717, 1.165) is 43.5 Å². The third kappa shape index (κ3) is 3.71. The van der Waals surface area contributed by atoms with Crippen molar-refractivity contribution < 1.29 is 19.0 Å². The highest BCUT2D eigenvalue weighted by Crippen LogP contribution is 2.27. The molecule has 0 fully saturated rings. The molecule has 23 heavy (non-hydrogen) atoms. The van der Waals surface area contributed by atoms with Gasteiger partial charge in [0.1, 0.15) is 11.5 Å². The average molecular weight is 312 g/mol. The highest BCUT2D eigenvalue weighted by atomic mass is 16.7. The molecular weight excluding hydrogens is 292 g/mol. The average Bonchev–Trinajstić information content (AvgIpc) is 3.05. The van der Waals surface area contributed by atoms with Crippen LogP contribution in [0.4, 0.5) is 0 Å². The molecule has 0 radical (unpaired) electrons. The van der Waals surface area contributed by atoms with Crippen molar-refractivity contribution >= 4 is 6.29 Å². The number of aldehydes is 1. The third-order valence-electron chi connectivity index (χ3n) is 3.99. The SMILES string of the molecule is COCOc1cc(CCc2ccc3c(c2)CCO3)ccc1C=O. The summed E-state index contributed by atoms with van der Waals surface area (Å²) in [6.07, 6.45) is 3.63. The molecule has 0 aromatic heterocycles.